The first-order valence-electron chi connectivity index (χ1n) is 5.39. The van der Waals surface area contributed by atoms with Crippen molar-refractivity contribution in [1.82, 2.24) is 0 Å². The molecule has 6 heteroatoms. The SMILES string of the molecule is C=C(OC(=O)OC(C)(C)C)OC(=O)OC(C)(C)C. The first kappa shape index (κ1) is 16.3. The maximum atomic E-state index is 11.2. The highest BCUT2D eigenvalue weighted by atomic mass is 16.8. The highest BCUT2D eigenvalue weighted by Crippen LogP contribution is 2.13. The van der Waals surface area contributed by atoms with Gasteiger partial charge in [-0.15, -0.1) is 0 Å². The molecule has 0 aromatic rings. The summed E-state index contributed by atoms with van der Waals surface area (Å²) in [4.78, 5) is 22.4. The van der Waals surface area contributed by atoms with Gasteiger partial charge in [-0.25, -0.2) is 9.59 Å². The average Bonchev–Trinajstić information content (AvgIpc) is 1.92. The number of carbonyl (C=O) groups is 2. The van der Waals surface area contributed by atoms with Gasteiger partial charge in [-0.3, -0.25) is 0 Å². The van der Waals surface area contributed by atoms with Crippen LogP contribution >= 0.6 is 0 Å². The molecule has 0 fully saturated rings. The van der Waals surface area contributed by atoms with Gasteiger partial charge in [0.15, 0.2) is 0 Å². The molecule has 0 rings (SSSR count). The molecule has 0 bridgehead atoms. The van der Waals surface area contributed by atoms with Crippen molar-refractivity contribution in [1.29, 1.82) is 0 Å². The zero-order valence-corrected chi connectivity index (χ0v) is 11.7. The molecule has 0 radical (unpaired) electrons. The maximum Gasteiger partial charge on any atom is 0.516 e. The smallest absolute Gasteiger partial charge is 0.428 e. The molecule has 0 aliphatic heterocycles. The minimum absolute atomic E-state index is 0.501. The largest absolute Gasteiger partial charge is 0.516 e. The summed E-state index contributed by atoms with van der Waals surface area (Å²) in [6.45, 7) is 13.3. The Balaban J connectivity index is 4.13. The number of hydrogen-bond acceptors (Lipinski definition) is 6. The molecule has 104 valence electrons. The summed E-state index contributed by atoms with van der Waals surface area (Å²) in [5.74, 6) is -0.501. The quantitative estimate of drug-likeness (QED) is 0.560. The van der Waals surface area contributed by atoms with E-state index in [0.717, 1.165) is 0 Å². The average molecular weight is 260 g/mol. The van der Waals surface area contributed by atoms with E-state index in [1.54, 1.807) is 41.5 Å². The highest BCUT2D eigenvalue weighted by molar-refractivity contribution is 5.64. The molecule has 0 amide bonds. The van der Waals surface area contributed by atoms with E-state index in [-0.39, 0.29) is 0 Å². The van der Waals surface area contributed by atoms with Gasteiger partial charge >= 0.3 is 12.3 Å². The molecule has 0 atom stereocenters. The second kappa shape index (κ2) is 5.75. The van der Waals surface area contributed by atoms with E-state index in [1.165, 1.54) is 0 Å². The maximum absolute atomic E-state index is 11.2. The Hall–Kier alpha value is -1.72. The molecule has 6 nitrogen and oxygen atoms in total. The molecule has 18 heavy (non-hydrogen) atoms. The van der Waals surface area contributed by atoms with Crippen LogP contribution in [-0.4, -0.2) is 23.5 Å². The van der Waals surface area contributed by atoms with Crippen molar-refractivity contribution in [2.45, 2.75) is 52.7 Å². The van der Waals surface area contributed by atoms with Gasteiger partial charge in [-0.05, 0) is 48.1 Å². The summed E-state index contributed by atoms with van der Waals surface area (Å²) in [5, 5.41) is 0. The third-order valence-electron chi connectivity index (χ3n) is 1.17. The van der Waals surface area contributed by atoms with E-state index < -0.39 is 29.5 Å². The Bertz CT molecular complexity index is 299. The van der Waals surface area contributed by atoms with Gasteiger partial charge in [0, 0.05) is 0 Å². The van der Waals surface area contributed by atoms with Crippen molar-refractivity contribution in [3.8, 4) is 0 Å². The standard InChI is InChI=1S/C12H20O6/c1-8(15-9(13)17-11(2,3)4)16-10(14)18-12(5,6)7/h1H2,2-7H3. The van der Waals surface area contributed by atoms with Crippen LogP contribution in [0.3, 0.4) is 0 Å². The predicted octanol–water partition coefficient (Wildman–Crippen LogP) is 3.36. The van der Waals surface area contributed by atoms with Crippen LogP contribution in [0.25, 0.3) is 0 Å². The second-order valence-electron chi connectivity index (χ2n) is 5.51. The summed E-state index contributed by atoms with van der Waals surface area (Å²) >= 11 is 0. The lowest BCUT2D eigenvalue weighted by Crippen LogP contribution is -2.26. The lowest BCUT2D eigenvalue weighted by atomic mass is 10.2. The second-order valence-corrected chi connectivity index (χ2v) is 5.51. The van der Waals surface area contributed by atoms with E-state index in [9.17, 15) is 9.59 Å². The fraction of sp³-hybridized carbons (Fsp3) is 0.667. The monoisotopic (exact) mass is 260 g/mol. The van der Waals surface area contributed by atoms with Crippen molar-refractivity contribution >= 4 is 12.3 Å². The van der Waals surface area contributed by atoms with Crippen molar-refractivity contribution < 1.29 is 28.5 Å². The molecule has 0 heterocycles. The van der Waals surface area contributed by atoms with Gasteiger partial charge in [-0.1, -0.05) is 0 Å². The van der Waals surface area contributed by atoms with Gasteiger partial charge < -0.3 is 18.9 Å². The van der Waals surface area contributed by atoms with Crippen LogP contribution < -0.4 is 0 Å². The number of ether oxygens (including phenoxy) is 4. The highest BCUT2D eigenvalue weighted by Gasteiger charge is 2.22. The van der Waals surface area contributed by atoms with E-state index in [1.807, 2.05) is 0 Å². The Morgan fingerprint density at radius 2 is 1.06 bits per heavy atom. The number of rotatable bonds is 2. The van der Waals surface area contributed by atoms with Gasteiger partial charge in [0.25, 0.3) is 5.95 Å². The summed E-state index contributed by atoms with van der Waals surface area (Å²) < 4.78 is 18.7. The molecular formula is C12H20O6. The Morgan fingerprint density at radius 3 is 1.28 bits per heavy atom. The van der Waals surface area contributed by atoms with Crippen LogP contribution in [0.1, 0.15) is 41.5 Å². The Labute approximate surface area is 107 Å². The molecule has 0 aromatic heterocycles. The zero-order valence-electron chi connectivity index (χ0n) is 11.7. The topological polar surface area (TPSA) is 71.1 Å². The lowest BCUT2D eigenvalue weighted by Gasteiger charge is -2.20. The van der Waals surface area contributed by atoms with E-state index in [4.69, 9.17) is 9.47 Å². The van der Waals surface area contributed by atoms with Crippen LogP contribution in [-0.2, 0) is 18.9 Å². The van der Waals surface area contributed by atoms with Crippen molar-refractivity contribution in [2.75, 3.05) is 0 Å². The van der Waals surface area contributed by atoms with Gasteiger partial charge in [0.05, 0.1) is 0 Å². The molecule has 0 aliphatic carbocycles. The normalized spacial score (nSPS) is 11.4. The fourth-order valence-electron chi connectivity index (χ4n) is 0.748. The molecule has 0 spiro atoms. The van der Waals surface area contributed by atoms with Crippen LogP contribution in [0.4, 0.5) is 9.59 Å². The van der Waals surface area contributed by atoms with E-state index in [0.29, 0.717) is 0 Å². The van der Waals surface area contributed by atoms with Crippen LogP contribution in [0.5, 0.6) is 0 Å². The molecule has 0 saturated heterocycles. The fourth-order valence-corrected chi connectivity index (χ4v) is 0.748. The van der Waals surface area contributed by atoms with Gasteiger partial charge in [0.1, 0.15) is 11.2 Å². The first-order chi connectivity index (χ1) is 7.89. The van der Waals surface area contributed by atoms with Crippen molar-refractivity contribution in [2.24, 2.45) is 0 Å². The first-order valence-corrected chi connectivity index (χ1v) is 5.39. The van der Waals surface area contributed by atoms with Gasteiger partial charge in [-0.2, -0.15) is 0 Å². The van der Waals surface area contributed by atoms with Crippen LogP contribution in [0.15, 0.2) is 12.5 Å². The molecule has 0 aromatic carbocycles. The molecule has 0 aliphatic rings. The lowest BCUT2D eigenvalue weighted by molar-refractivity contribution is -0.0358. The van der Waals surface area contributed by atoms with Crippen LogP contribution in [0.2, 0.25) is 0 Å². The van der Waals surface area contributed by atoms with Crippen molar-refractivity contribution in [3.63, 3.8) is 0 Å². The third-order valence-corrected chi connectivity index (χ3v) is 1.17. The Kier molecular flexibility index (Phi) is 5.20. The number of hydrogen-bond donors (Lipinski definition) is 0. The summed E-state index contributed by atoms with van der Waals surface area (Å²) in [6.07, 6.45) is -2.01. The molecule has 0 unspecified atom stereocenters. The molecular weight excluding hydrogens is 240 g/mol. The Morgan fingerprint density at radius 1 is 0.778 bits per heavy atom. The molecule has 0 N–H and O–H groups in total. The number of carbonyl (C=O) groups excluding carboxylic acids is 2. The zero-order chi connectivity index (χ0) is 14.6. The summed E-state index contributed by atoms with van der Waals surface area (Å²) in [6, 6.07) is 0. The van der Waals surface area contributed by atoms with Crippen LogP contribution in [0, 0.1) is 0 Å². The third kappa shape index (κ3) is 9.50. The predicted molar refractivity (Wildman–Crippen MR) is 63.8 cm³/mol. The van der Waals surface area contributed by atoms with Crippen molar-refractivity contribution in [3.05, 3.63) is 12.5 Å². The minimum Gasteiger partial charge on any atom is -0.428 e. The summed E-state index contributed by atoms with van der Waals surface area (Å²) in [7, 11) is 0. The van der Waals surface area contributed by atoms with E-state index in [2.05, 4.69) is 16.1 Å². The molecule has 0 saturated carbocycles. The summed E-state index contributed by atoms with van der Waals surface area (Å²) in [5.41, 5.74) is -1.41. The minimum atomic E-state index is -1.00. The van der Waals surface area contributed by atoms with Gasteiger partial charge in [0.2, 0.25) is 0 Å². The van der Waals surface area contributed by atoms with E-state index >= 15 is 0 Å².